The Kier molecular flexibility index (Phi) is 6.79. The van der Waals surface area contributed by atoms with E-state index in [1.165, 1.54) is 16.4 Å². The van der Waals surface area contributed by atoms with Crippen molar-refractivity contribution in [2.75, 3.05) is 38.1 Å². The number of sulfonamides is 1. The van der Waals surface area contributed by atoms with Crippen LogP contribution in [-0.4, -0.2) is 61.5 Å². The second-order valence-corrected chi connectivity index (χ2v) is 9.18. The number of para-hydroxylation sites is 1. The molecule has 0 amide bonds. The summed E-state index contributed by atoms with van der Waals surface area (Å²) >= 11 is 5.53. The van der Waals surface area contributed by atoms with Gasteiger partial charge in [-0.05, 0) is 56.2 Å². The summed E-state index contributed by atoms with van der Waals surface area (Å²) in [4.78, 5) is 13.7. The number of piperazine rings is 1. The number of nitrogens with zero attached hydrogens (tertiary/aromatic N) is 2. The topological polar surface area (TPSA) is 92.1 Å². The van der Waals surface area contributed by atoms with Gasteiger partial charge in [0.15, 0.2) is 5.11 Å². The minimum absolute atomic E-state index is 0.131. The number of hydrogen-bond acceptors (Lipinski definition) is 6. The van der Waals surface area contributed by atoms with Gasteiger partial charge in [-0.3, -0.25) is 0 Å². The molecule has 1 aromatic carbocycles. The molecule has 3 rings (SSSR count). The van der Waals surface area contributed by atoms with E-state index in [1.807, 2.05) is 36.9 Å². The van der Waals surface area contributed by atoms with Crippen LogP contribution in [-0.2, 0) is 14.8 Å². The van der Waals surface area contributed by atoms with Crippen LogP contribution in [0.1, 0.15) is 28.6 Å². The van der Waals surface area contributed by atoms with E-state index in [0.29, 0.717) is 18.2 Å². The number of ether oxygens (including phenoxy) is 1. The summed E-state index contributed by atoms with van der Waals surface area (Å²) in [6.07, 6.45) is 0. The molecule has 0 unspecified atom stereocenters. The number of carbonyl (C=O) groups is 1. The van der Waals surface area contributed by atoms with Gasteiger partial charge in [-0.25, -0.2) is 13.2 Å². The van der Waals surface area contributed by atoms with Gasteiger partial charge in [-0.1, -0.05) is 18.2 Å². The maximum atomic E-state index is 12.9. The fourth-order valence-electron chi connectivity index (χ4n) is 3.23. The summed E-state index contributed by atoms with van der Waals surface area (Å²) in [7, 11) is -3.84. The van der Waals surface area contributed by atoms with Gasteiger partial charge in [0.25, 0.3) is 10.0 Å². The number of furan rings is 1. The predicted octanol–water partition coefficient (Wildman–Crippen LogP) is 2.78. The first-order valence-electron chi connectivity index (χ1n) is 9.63. The lowest BCUT2D eigenvalue weighted by molar-refractivity contribution is 0.0483. The zero-order valence-electron chi connectivity index (χ0n) is 17.2. The number of aryl methyl sites for hydroxylation is 2. The Morgan fingerprint density at radius 1 is 1.13 bits per heavy atom. The highest BCUT2D eigenvalue weighted by molar-refractivity contribution is 7.89. The van der Waals surface area contributed by atoms with Crippen molar-refractivity contribution in [3.05, 3.63) is 47.2 Å². The Hall–Kier alpha value is -2.43. The summed E-state index contributed by atoms with van der Waals surface area (Å²) in [5.41, 5.74) is 3.15. The quantitative estimate of drug-likeness (QED) is 0.548. The van der Waals surface area contributed by atoms with Gasteiger partial charge in [0, 0.05) is 31.9 Å². The molecule has 1 N–H and O–H groups in total. The van der Waals surface area contributed by atoms with E-state index < -0.39 is 16.0 Å². The molecular formula is C20H25N3O5S2. The van der Waals surface area contributed by atoms with Gasteiger partial charge >= 0.3 is 5.97 Å². The van der Waals surface area contributed by atoms with Crippen LogP contribution < -0.4 is 5.32 Å². The van der Waals surface area contributed by atoms with Crippen molar-refractivity contribution >= 4 is 39.0 Å². The van der Waals surface area contributed by atoms with E-state index in [4.69, 9.17) is 21.4 Å². The van der Waals surface area contributed by atoms with Crippen molar-refractivity contribution in [1.29, 1.82) is 0 Å². The van der Waals surface area contributed by atoms with Crippen molar-refractivity contribution in [3.8, 4) is 0 Å². The Morgan fingerprint density at radius 2 is 1.77 bits per heavy atom. The number of carbonyl (C=O) groups excluding carboxylic acids is 1. The molecule has 0 bridgehead atoms. The lowest BCUT2D eigenvalue weighted by atomic mass is 10.1. The molecule has 2 heterocycles. The maximum Gasteiger partial charge on any atom is 0.374 e. The predicted molar refractivity (Wildman–Crippen MR) is 117 cm³/mol. The summed E-state index contributed by atoms with van der Waals surface area (Å²) < 4.78 is 37.1. The minimum atomic E-state index is -3.84. The van der Waals surface area contributed by atoms with E-state index >= 15 is 0 Å². The summed E-state index contributed by atoms with van der Waals surface area (Å²) in [5.74, 6) is -0.820. The number of benzene rings is 1. The molecule has 0 atom stereocenters. The third-order valence-corrected chi connectivity index (χ3v) is 7.02. The van der Waals surface area contributed by atoms with Gasteiger partial charge in [-0.2, -0.15) is 4.31 Å². The van der Waals surface area contributed by atoms with E-state index in [0.717, 1.165) is 16.8 Å². The van der Waals surface area contributed by atoms with E-state index in [9.17, 15) is 13.2 Å². The van der Waals surface area contributed by atoms with Crippen LogP contribution in [0.5, 0.6) is 0 Å². The molecule has 1 aliphatic rings. The van der Waals surface area contributed by atoms with Gasteiger partial charge in [0.05, 0.1) is 6.61 Å². The van der Waals surface area contributed by atoms with Gasteiger partial charge < -0.3 is 19.4 Å². The van der Waals surface area contributed by atoms with E-state index in [2.05, 4.69) is 5.32 Å². The highest BCUT2D eigenvalue weighted by atomic mass is 32.2. The number of hydrogen-bond donors (Lipinski definition) is 1. The number of thiocarbonyl (C=S) groups is 1. The fourth-order valence-corrected chi connectivity index (χ4v) is 4.85. The number of anilines is 1. The lowest BCUT2D eigenvalue weighted by Gasteiger charge is -2.35. The second-order valence-electron chi connectivity index (χ2n) is 6.93. The first-order valence-corrected chi connectivity index (χ1v) is 11.5. The van der Waals surface area contributed by atoms with Crippen LogP contribution in [0.2, 0.25) is 0 Å². The van der Waals surface area contributed by atoms with Crippen LogP contribution in [0, 0.1) is 13.8 Å². The molecule has 1 aliphatic heterocycles. The third kappa shape index (κ3) is 4.66. The van der Waals surface area contributed by atoms with Crippen LogP contribution in [0.3, 0.4) is 0 Å². The van der Waals surface area contributed by atoms with Crippen molar-refractivity contribution < 1.29 is 22.4 Å². The van der Waals surface area contributed by atoms with Crippen molar-refractivity contribution in [1.82, 2.24) is 9.21 Å². The summed E-state index contributed by atoms with van der Waals surface area (Å²) in [6.45, 7) is 7.27. The highest BCUT2D eigenvalue weighted by Crippen LogP contribution is 2.23. The van der Waals surface area contributed by atoms with Crippen molar-refractivity contribution in [3.63, 3.8) is 0 Å². The zero-order chi connectivity index (χ0) is 21.9. The smallest absolute Gasteiger partial charge is 0.374 e. The lowest BCUT2D eigenvalue weighted by Crippen LogP contribution is -2.51. The SMILES string of the molecule is CCOC(=O)c1ccc(S(=O)(=O)N2CCN(C(=S)Nc3c(C)cccc3C)CC2)o1. The van der Waals surface area contributed by atoms with Gasteiger partial charge in [0.2, 0.25) is 10.9 Å². The highest BCUT2D eigenvalue weighted by Gasteiger charge is 2.32. The van der Waals surface area contributed by atoms with Crippen LogP contribution in [0.25, 0.3) is 0 Å². The first-order chi connectivity index (χ1) is 14.2. The maximum absolute atomic E-state index is 12.9. The molecule has 0 spiro atoms. The van der Waals surface area contributed by atoms with E-state index in [1.54, 1.807) is 6.92 Å². The number of esters is 1. The van der Waals surface area contributed by atoms with Gasteiger partial charge in [0.1, 0.15) is 0 Å². The summed E-state index contributed by atoms with van der Waals surface area (Å²) in [6, 6.07) is 8.60. The largest absolute Gasteiger partial charge is 0.460 e. The Labute approximate surface area is 181 Å². The average Bonchev–Trinajstić information content (AvgIpc) is 3.22. The molecule has 1 fully saturated rings. The van der Waals surface area contributed by atoms with Crippen LogP contribution in [0.15, 0.2) is 39.8 Å². The Bertz CT molecular complexity index is 1020. The Balaban J connectivity index is 1.63. The molecule has 0 aliphatic carbocycles. The standard InChI is InChI=1S/C20H25N3O5S2/c1-4-27-19(24)16-8-9-17(28-16)30(25,26)23-12-10-22(11-13-23)20(29)21-18-14(2)6-5-7-15(18)3/h5-9H,4,10-13H2,1-3H3,(H,21,29). The first kappa shape index (κ1) is 22.3. The van der Waals surface area contributed by atoms with Crippen LogP contribution >= 0.6 is 12.2 Å². The second kappa shape index (κ2) is 9.15. The van der Waals surface area contributed by atoms with Gasteiger partial charge in [-0.15, -0.1) is 0 Å². The molecule has 1 aromatic heterocycles. The molecule has 10 heteroatoms. The average molecular weight is 452 g/mol. The van der Waals surface area contributed by atoms with E-state index in [-0.39, 0.29) is 30.5 Å². The third-order valence-electron chi connectivity index (χ3n) is 4.89. The summed E-state index contributed by atoms with van der Waals surface area (Å²) in [5, 5.41) is 3.57. The zero-order valence-corrected chi connectivity index (χ0v) is 18.8. The van der Waals surface area contributed by atoms with Crippen LogP contribution in [0.4, 0.5) is 5.69 Å². The molecule has 0 radical (unpaired) electrons. The molecule has 30 heavy (non-hydrogen) atoms. The van der Waals surface area contributed by atoms with Crippen molar-refractivity contribution in [2.24, 2.45) is 0 Å². The number of rotatable bonds is 5. The minimum Gasteiger partial charge on any atom is -0.460 e. The molecule has 2 aromatic rings. The molecule has 1 saturated heterocycles. The molecule has 8 nitrogen and oxygen atoms in total. The molecule has 162 valence electrons. The molecule has 0 saturated carbocycles. The monoisotopic (exact) mass is 451 g/mol. The molecular weight excluding hydrogens is 426 g/mol. The normalized spacial score (nSPS) is 15.1. The number of nitrogens with one attached hydrogen (secondary N) is 1. The fraction of sp³-hybridized carbons (Fsp3) is 0.400. The Morgan fingerprint density at radius 3 is 2.37 bits per heavy atom. The van der Waals surface area contributed by atoms with Crippen molar-refractivity contribution in [2.45, 2.75) is 25.9 Å².